The number of nitrogens with zero attached hydrogens (tertiary/aromatic N) is 1. The zero-order valence-corrected chi connectivity index (χ0v) is 8.25. The molecule has 0 spiro atoms. The van der Waals surface area contributed by atoms with Crippen molar-refractivity contribution in [2.45, 2.75) is 32.6 Å². The average molecular weight is 173 g/mol. The van der Waals surface area contributed by atoms with E-state index in [0.29, 0.717) is 5.92 Å². The van der Waals surface area contributed by atoms with Crippen LogP contribution in [-0.2, 0) is 0 Å². The van der Waals surface area contributed by atoms with E-state index in [4.69, 9.17) is 5.26 Å². The molecule has 1 aromatic carbocycles. The summed E-state index contributed by atoms with van der Waals surface area (Å²) in [4.78, 5) is 0. The van der Waals surface area contributed by atoms with Gasteiger partial charge in [0.15, 0.2) is 0 Å². The van der Waals surface area contributed by atoms with Crippen LogP contribution in [0.25, 0.3) is 0 Å². The Labute approximate surface area is 80.0 Å². The summed E-state index contributed by atoms with van der Waals surface area (Å²) in [6.07, 6.45) is 2.21. The maximum absolute atomic E-state index is 8.91. The van der Waals surface area contributed by atoms with Crippen LogP contribution >= 0.6 is 0 Å². The predicted molar refractivity (Wildman–Crippen MR) is 54.5 cm³/mol. The molecule has 0 fully saturated rings. The number of rotatable bonds is 3. The summed E-state index contributed by atoms with van der Waals surface area (Å²) in [5.41, 5.74) is 2.03. The van der Waals surface area contributed by atoms with Gasteiger partial charge in [-0.05, 0) is 30.4 Å². The molecule has 0 heterocycles. The molecule has 0 aliphatic carbocycles. The van der Waals surface area contributed by atoms with Gasteiger partial charge in [0.2, 0.25) is 0 Å². The smallest absolute Gasteiger partial charge is 0.0994 e. The van der Waals surface area contributed by atoms with Crippen molar-refractivity contribution in [3.63, 3.8) is 0 Å². The van der Waals surface area contributed by atoms with E-state index in [1.807, 2.05) is 18.2 Å². The van der Waals surface area contributed by atoms with Crippen LogP contribution < -0.4 is 0 Å². The molecule has 1 rings (SSSR count). The van der Waals surface area contributed by atoms with Gasteiger partial charge in [-0.15, -0.1) is 0 Å². The van der Waals surface area contributed by atoms with Crippen molar-refractivity contribution >= 4 is 0 Å². The normalized spacial score (nSPS) is 10.0. The van der Waals surface area contributed by atoms with Crippen molar-refractivity contribution in [1.29, 1.82) is 5.26 Å². The van der Waals surface area contributed by atoms with E-state index in [-0.39, 0.29) is 0 Å². The zero-order chi connectivity index (χ0) is 9.68. The third kappa shape index (κ3) is 2.09. The number of hydrogen-bond donors (Lipinski definition) is 0. The van der Waals surface area contributed by atoms with Gasteiger partial charge in [-0.25, -0.2) is 0 Å². The van der Waals surface area contributed by atoms with Crippen molar-refractivity contribution in [3.05, 3.63) is 35.4 Å². The molecule has 1 heteroatoms. The van der Waals surface area contributed by atoms with E-state index < -0.39 is 0 Å². The maximum Gasteiger partial charge on any atom is 0.0994 e. The van der Waals surface area contributed by atoms with E-state index in [0.717, 1.165) is 18.4 Å². The topological polar surface area (TPSA) is 23.8 Å². The number of benzene rings is 1. The van der Waals surface area contributed by atoms with E-state index in [1.165, 1.54) is 5.56 Å². The molecule has 0 saturated heterocycles. The molecule has 0 atom stereocenters. The van der Waals surface area contributed by atoms with Gasteiger partial charge in [0.05, 0.1) is 11.6 Å². The summed E-state index contributed by atoms with van der Waals surface area (Å²) in [7, 11) is 0. The maximum atomic E-state index is 8.91. The molecule has 68 valence electrons. The number of nitriles is 1. The molecule has 0 amide bonds. The molecule has 1 nitrogen and oxygen atoms in total. The second-order valence-electron chi connectivity index (χ2n) is 3.21. The van der Waals surface area contributed by atoms with E-state index >= 15 is 0 Å². The van der Waals surface area contributed by atoms with Crippen molar-refractivity contribution in [2.24, 2.45) is 0 Å². The molecule has 13 heavy (non-hydrogen) atoms. The lowest BCUT2D eigenvalue weighted by Crippen LogP contribution is -1.98. The Kier molecular flexibility index (Phi) is 3.52. The molecule has 0 unspecified atom stereocenters. The van der Waals surface area contributed by atoms with Crippen molar-refractivity contribution in [3.8, 4) is 6.07 Å². The Balaban J connectivity index is 3.05. The largest absolute Gasteiger partial charge is 0.192 e. The minimum absolute atomic E-state index is 0.538. The lowest BCUT2D eigenvalue weighted by Gasteiger charge is -2.13. The van der Waals surface area contributed by atoms with Crippen molar-refractivity contribution in [2.75, 3.05) is 0 Å². The molecule has 0 aliphatic rings. The molecule has 0 radical (unpaired) electrons. The van der Waals surface area contributed by atoms with Crippen LogP contribution in [0.1, 0.15) is 43.7 Å². The van der Waals surface area contributed by atoms with Crippen LogP contribution in [-0.4, -0.2) is 0 Å². The van der Waals surface area contributed by atoms with Gasteiger partial charge in [-0.2, -0.15) is 5.26 Å². The van der Waals surface area contributed by atoms with E-state index in [2.05, 4.69) is 26.0 Å². The average Bonchev–Trinajstić information content (AvgIpc) is 2.20. The highest BCUT2D eigenvalue weighted by Gasteiger charge is 2.10. The summed E-state index contributed by atoms with van der Waals surface area (Å²) in [6, 6.07) is 10.1. The molecular weight excluding hydrogens is 158 g/mol. The molecule has 0 aromatic heterocycles. The second-order valence-corrected chi connectivity index (χ2v) is 3.21. The first-order valence-electron chi connectivity index (χ1n) is 4.82. The highest BCUT2D eigenvalue weighted by molar-refractivity contribution is 5.39. The molecule has 1 aromatic rings. The third-order valence-electron chi connectivity index (χ3n) is 2.51. The Hall–Kier alpha value is -1.29. The van der Waals surface area contributed by atoms with E-state index in [1.54, 1.807) is 0 Å². The summed E-state index contributed by atoms with van der Waals surface area (Å²) < 4.78 is 0. The lowest BCUT2D eigenvalue weighted by atomic mass is 9.90. The van der Waals surface area contributed by atoms with Gasteiger partial charge in [-0.1, -0.05) is 32.0 Å². The van der Waals surface area contributed by atoms with Crippen LogP contribution in [0.3, 0.4) is 0 Å². The van der Waals surface area contributed by atoms with E-state index in [9.17, 15) is 0 Å². The van der Waals surface area contributed by atoms with Crippen LogP contribution in [0.15, 0.2) is 24.3 Å². The van der Waals surface area contributed by atoms with Gasteiger partial charge < -0.3 is 0 Å². The highest BCUT2D eigenvalue weighted by atomic mass is 14.3. The van der Waals surface area contributed by atoms with Gasteiger partial charge >= 0.3 is 0 Å². The fourth-order valence-corrected chi connectivity index (χ4v) is 1.68. The molecular formula is C12H15N. The summed E-state index contributed by atoms with van der Waals surface area (Å²) in [5.74, 6) is 0.538. The van der Waals surface area contributed by atoms with Gasteiger partial charge in [0.25, 0.3) is 0 Å². The summed E-state index contributed by atoms with van der Waals surface area (Å²) in [5, 5.41) is 8.91. The minimum atomic E-state index is 0.538. The Morgan fingerprint density at radius 1 is 1.23 bits per heavy atom. The van der Waals surface area contributed by atoms with Crippen molar-refractivity contribution in [1.82, 2.24) is 0 Å². The van der Waals surface area contributed by atoms with Crippen LogP contribution in [0.2, 0.25) is 0 Å². The third-order valence-corrected chi connectivity index (χ3v) is 2.51. The molecule has 0 bridgehead atoms. The summed E-state index contributed by atoms with van der Waals surface area (Å²) >= 11 is 0. The lowest BCUT2D eigenvalue weighted by molar-refractivity contribution is 0.640. The first-order chi connectivity index (χ1) is 6.33. The van der Waals surface area contributed by atoms with Gasteiger partial charge in [0.1, 0.15) is 0 Å². The number of hydrogen-bond acceptors (Lipinski definition) is 1. The molecule has 0 saturated carbocycles. The van der Waals surface area contributed by atoms with Crippen LogP contribution in [0.4, 0.5) is 0 Å². The second kappa shape index (κ2) is 4.67. The molecule has 0 N–H and O–H groups in total. The fourth-order valence-electron chi connectivity index (χ4n) is 1.68. The summed E-state index contributed by atoms with van der Waals surface area (Å²) in [6.45, 7) is 4.34. The van der Waals surface area contributed by atoms with Gasteiger partial charge in [0, 0.05) is 0 Å². The predicted octanol–water partition coefficient (Wildman–Crippen LogP) is 3.46. The van der Waals surface area contributed by atoms with Crippen molar-refractivity contribution < 1.29 is 0 Å². The Bertz CT molecular complexity index is 305. The minimum Gasteiger partial charge on any atom is -0.192 e. The quantitative estimate of drug-likeness (QED) is 0.686. The Morgan fingerprint density at radius 3 is 2.38 bits per heavy atom. The van der Waals surface area contributed by atoms with Crippen LogP contribution in [0.5, 0.6) is 0 Å². The van der Waals surface area contributed by atoms with Crippen LogP contribution in [0, 0.1) is 11.3 Å². The zero-order valence-electron chi connectivity index (χ0n) is 8.25. The van der Waals surface area contributed by atoms with Gasteiger partial charge in [-0.3, -0.25) is 0 Å². The fraction of sp³-hybridized carbons (Fsp3) is 0.417. The first kappa shape index (κ1) is 9.80. The SMILES string of the molecule is CCC(CC)c1ccccc1C#N. The monoisotopic (exact) mass is 173 g/mol. The Morgan fingerprint density at radius 2 is 1.85 bits per heavy atom. The first-order valence-corrected chi connectivity index (χ1v) is 4.82. The highest BCUT2D eigenvalue weighted by Crippen LogP contribution is 2.25. The standard InChI is InChI=1S/C12H15N/c1-3-10(4-2)12-8-6-5-7-11(12)9-13/h5-8,10H,3-4H2,1-2H3. The molecule has 0 aliphatic heterocycles.